The lowest BCUT2D eigenvalue weighted by atomic mass is 10.2. The van der Waals surface area contributed by atoms with Gasteiger partial charge in [-0.3, -0.25) is 0 Å². The average molecular weight is 372 g/mol. The fourth-order valence-electron chi connectivity index (χ4n) is 3.03. The van der Waals surface area contributed by atoms with Crippen molar-refractivity contribution in [1.82, 2.24) is 0 Å². The monoisotopic (exact) mass is 372 g/mol. The SMILES string of the molecule is Cc1cc2cccc(NC(=O)Nc3ccc(Oc4ccccc4)c(C)c3)c2o1. The Hall–Kier alpha value is -3.73. The largest absolute Gasteiger partial charge is 0.459 e. The first-order chi connectivity index (χ1) is 13.6. The molecule has 28 heavy (non-hydrogen) atoms. The molecule has 0 saturated heterocycles. The molecular weight excluding hydrogens is 352 g/mol. The molecule has 0 aliphatic heterocycles. The van der Waals surface area contributed by atoms with Crippen molar-refractivity contribution in [2.75, 3.05) is 10.6 Å². The minimum atomic E-state index is -0.335. The van der Waals surface area contributed by atoms with Crippen molar-refractivity contribution in [3.8, 4) is 11.5 Å². The number of anilines is 2. The van der Waals surface area contributed by atoms with Crippen LogP contribution in [0.1, 0.15) is 11.3 Å². The van der Waals surface area contributed by atoms with Crippen molar-refractivity contribution in [1.29, 1.82) is 0 Å². The predicted octanol–water partition coefficient (Wildman–Crippen LogP) is 6.49. The van der Waals surface area contributed by atoms with Crippen LogP contribution in [0.5, 0.6) is 11.5 Å². The number of ether oxygens (including phenoxy) is 1. The van der Waals surface area contributed by atoms with Gasteiger partial charge in [-0.2, -0.15) is 0 Å². The number of amides is 2. The Bertz CT molecular complexity index is 1130. The van der Waals surface area contributed by atoms with E-state index in [1.807, 2.05) is 86.6 Å². The molecule has 0 saturated carbocycles. The zero-order valence-electron chi connectivity index (χ0n) is 15.7. The van der Waals surface area contributed by atoms with Crippen LogP contribution in [0.3, 0.4) is 0 Å². The molecule has 140 valence electrons. The van der Waals surface area contributed by atoms with Crippen LogP contribution in [0.4, 0.5) is 16.2 Å². The first-order valence-electron chi connectivity index (χ1n) is 8.99. The zero-order chi connectivity index (χ0) is 19.5. The molecule has 0 atom stereocenters. The van der Waals surface area contributed by atoms with E-state index in [-0.39, 0.29) is 6.03 Å². The summed E-state index contributed by atoms with van der Waals surface area (Å²) in [5.41, 5.74) is 2.89. The molecule has 5 nitrogen and oxygen atoms in total. The standard InChI is InChI=1S/C23H20N2O3/c1-15-13-18(11-12-21(15)28-19-8-4-3-5-9-19)24-23(26)25-20-10-6-7-17-14-16(2)27-22(17)20/h3-14H,1-2H3,(H2,24,25,26). The van der Waals surface area contributed by atoms with Gasteiger partial charge in [-0.25, -0.2) is 4.79 Å². The molecular formula is C23H20N2O3. The Labute approximate surface area is 162 Å². The fourth-order valence-corrected chi connectivity index (χ4v) is 3.03. The first-order valence-corrected chi connectivity index (χ1v) is 8.99. The van der Waals surface area contributed by atoms with E-state index >= 15 is 0 Å². The predicted molar refractivity (Wildman–Crippen MR) is 111 cm³/mol. The Kier molecular flexibility index (Phi) is 4.72. The van der Waals surface area contributed by atoms with E-state index in [4.69, 9.17) is 9.15 Å². The first kappa shape index (κ1) is 17.7. The van der Waals surface area contributed by atoms with Gasteiger partial charge in [0.2, 0.25) is 0 Å². The van der Waals surface area contributed by atoms with Gasteiger partial charge in [0.15, 0.2) is 5.58 Å². The van der Waals surface area contributed by atoms with Crippen LogP contribution in [0.2, 0.25) is 0 Å². The van der Waals surface area contributed by atoms with E-state index < -0.39 is 0 Å². The van der Waals surface area contributed by atoms with Crippen molar-refractivity contribution in [2.24, 2.45) is 0 Å². The lowest BCUT2D eigenvalue weighted by molar-refractivity contribution is 0.262. The average Bonchev–Trinajstić information content (AvgIpc) is 3.06. The van der Waals surface area contributed by atoms with Gasteiger partial charge >= 0.3 is 6.03 Å². The zero-order valence-corrected chi connectivity index (χ0v) is 15.7. The summed E-state index contributed by atoms with van der Waals surface area (Å²) < 4.78 is 11.6. The summed E-state index contributed by atoms with van der Waals surface area (Å²) in [4.78, 5) is 12.4. The summed E-state index contributed by atoms with van der Waals surface area (Å²) >= 11 is 0. The molecule has 0 spiro atoms. The second kappa shape index (κ2) is 7.48. The van der Waals surface area contributed by atoms with Crippen LogP contribution < -0.4 is 15.4 Å². The van der Waals surface area contributed by atoms with Crippen LogP contribution in [-0.4, -0.2) is 6.03 Å². The molecule has 4 aromatic rings. The summed E-state index contributed by atoms with van der Waals surface area (Å²) in [7, 11) is 0. The molecule has 3 aromatic carbocycles. The number of nitrogens with one attached hydrogen (secondary N) is 2. The van der Waals surface area contributed by atoms with Crippen LogP contribution in [0.25, 0.3) is 11.0 Å². The molecule has 4 rings (SSSR count). The molecule has 0 fully saturated rings. The summed E-state index contributed by atoms with van der Waals surface area (Å²) in [6, 6.07) is 22.3. The second-order valence-corrected chi connectivity index (χ2v) is 6.56. The Morgan fingerprint density at radius 2 is 1.71 bits per heavy atom. The lowest BCUT2D eigenvalue weighted by Gasteiger charge is -2.12. The Morgan fingerprint density at radius 3 is 2.50 bits per heavy atom. The third-order valence-electron chi connectivity index (χ3n) is 4.32. The molecule has 1 aromatic heterocycles. The number of para-hydroxylation sites is 2. The maximum atomic E-state index is 12.4. The Morgan fingerprint density at radius 1 is 0.893 bits per heavy atom. The van der Waals surface area contributed by atoms with Crippen molar-refractivity contribution < 1.29 is 13.9 Å². The number of fused-ring (bicyclic) bond motifs is 1. The number of urea groups is 1. The van der Waals surface area contributed by atoms with Crippen molar-refractivity contribution in [2.45, 2.75) is 13.8 Å². The maximum Gasteiger partial charge on any atom is 0.323 e. The van der Waals surface area contributed by atoms with E-state index in [0.29, 0.717) is 17.0 Å². The van der Waals surface area contributed by atoms with E-state index in [0.717, 1.165) is 28.2 Å². The molecule has 0 radical (unpaired) electrons. The third kappa shape index (κ3) is 3.83. The lowest BCUT2D eigenvalue weighted by Crippen LogP contribution is -2.19. The van der Waals surface area contributed by atoms with E-state index in [1.165, 1.54) is 0 Å². The van der Waals surface area contributed by atoms with E-state index in [2.05, 4.69) is 10.6 Å². The smallest absolute Gasteiger partial charge is 0.323 e. The molecule has 0 aliphatic carbocycles. The van der Waals surface area contributed by atoms with Crippen LogP contribution in [0.15, 0.2) is 77.2 Å². The maximum absolute atomic E-state index is 12.4. The number of benzene rings is 3. The quantitative estimate of drug-likeness (QED) is 0.430. The van der Waals surface area contributed by atoms with Gasteiger partial charge in [-0.05, 0) is 61.9 Å². The van der Waals surface area contributed by atoms with Crippen molar-refractivity contribution in [3.05, 3.63) is 84.1 Å². The normalized spacial score (nSPS) is 10.6. The minimum Gasteiger partial charge on any atom is -0.459 e. The molecule has 2 N–H and O–H groups in total. The van der Waals surface area contributed by atoms with Gasteiger partial charge in [0, 0.05) is 11.1 Å². The molecule has 1 heterocycles. The Balaban J connectivity index is 1.46. The van der Waals surface area contributed by atoms with Crippen molar-refractivity contribution in [3.63, 3.8) is 0 Å². The number of carbonyl (C=O) groups is 1. The molecule has 2 amide bonds. The summed E-state index contributed by atoms with van der Waals surface area (Å²) in [6.07, 6.45) is 0. The van der Waals surface area contributed by atoms with Gasteiger partial charge in [0.1, 0.15) is 17.3 Å². The molecule has 0 unspecified atom stereocenters. The van der Waals surface area contributed by atoms with Crippen LogP contribution in [0, 0.1) is 13.8 Å². The number of aryl methyl sites for hydroxylation is 2. The van der Waals surface area contributed by atoms with Crippen molar-refractivity contribution >= 4 is 28.4 Å². The van der Waals surface area contributed by atoms with E-state index in [9.17, 15) is 4.79 Å². The van der Waals surface area contributed by atoms with Gasteiger partial charge in [-0.15, -0.1) is 0 Å². The molecule has 5 heteroatoms. The highest BCUT2D eigenvalue weighted by Crippen LogP contribution is 2.28. The highest BCUT2D eigenvalue weighted by Gasteiger charge is 2.10. The number of hydrogen-bond acceptors (Lipinski definition) is 3. The fraction of sp³-hybridized carbons (Fsp3) is 0.0870. The van der Waals surface area contributed by atoms with Gasteiger partial charge in [-0.1, -0.05) is 30.3 Å². The van der Waals surface area contributed by atoms with Gasteiger partial charge in [0.25, 0.3) is 0 Å². The highest BCUT2D eigenvalue weighted by atomic mass is 16.5. The number of furan rings is 1. The number of hydrogen-bond donors (Lipinski definition) is 2. The highest BCUT2D eigenvalue weighted by molar-refractivity contribution is 6.04. The molecule has 0 bridgehead atoms. The minimum absolute atomic E-state index is 0.335. The summed E-state index contributed by atoms with van der Waals surface area (Å²) in [5, 5.41) is 6.64. The number of carbonyl (C=O) groups excluding carboxylic acids is 1. The summed E-state index contributed by atoms with van der Waals surface area (Å²) in [6.45, 7) is 3.82. The van der Waals surface area contributed by atoms with Crippen LogP contribution in [-0.2, 0) is 0 Å². The molecule has 0 aliphatic rings. The van der Waals surface area contributed by atoms with E-state index in [1.54, 1.807) is 0 Å². The van der Waals surface area contributed by atoms with Crippen LogP contribution >= 0.6 is 0 Å². The third-order valence-corrected chi connectivity index (χ3v) is 4.32. The van der Waals surface area contributed by atoms with Gasteiger partial charge < -0.3 is 19.8 Å². The topological polar surface area (TPSA) is 63.5 Å². The number of rotatable bonds is 4. The summed E-state index contributed by atoms with van der Waals surface area (Å²) in [5.74, 6) is 2.31. The van der Waals surface area contributed by atoms with Gasteiger partial charge in [0.05, 0.1) is 5.69 Å². The second-order valence-electron chi connectivity index (χ2n) is 6.56.